The number of carbonyl (C=O) groups is 2. The number of amides is 2. The highest BCUT2D eigenvalue weighted by Gasteiger charge is 2.12. The first kappa shape index (κ1) is 21.5. The third-order valence-electron chi connectivity index (χ3n) is 3.61. The topological polar surface area (TPSA) is 95.1 Å². The van der Waals surface area contributed by atoms with Crippen LogP contribution in [-0.4, -0.2) is 39.8 Å². The Labute approximate surface area is 167 Å². The van der Waals surface area contributed by atoms with Gasteiger partial charge in [0.2, 0.25) is 5.75 Å². The van der Waals surface area contributed by atoms with E-state index in [1.807, 2.05) is 0 Å². The van der Waals surface area contributed by atoms with Crippen LogP contribution < -0.4 is 29.8 Å². The molecule has 0 bridgehead atoms. The zero-order valence-electron chi connectivity index (χ0n) is 16.2. The molecule has 2 aromatic rings. The predicted octanol–water partition coefficient (Wildman–Crippen LogP) is 2.09. The molecule has 0 saturated heterocycles. The van der Waals surface area contributed by atoms with Crippen molar-refractivity contribution in [2.75, 3.05) is 27.9 Å². The van der Waals surface area contributed by atoms with Crippen molar-refractivity contribution >= 4 is 17.9 Å². The molecule has 0 heterocycles. The third kappa shape index (κ3) is 6.42. The number of ether oxygens (including phenoxy) is 4. The smallest absolute Gasteiger partial charge is 0.276 e. The summed E-state index contributed by atoms with van der Waals surface area (Å²) in [5, 5.41) is 0. The molecule has 0 aromatic heterocycles. The first-order chi connectivity index (χ1) is 14.0. The molecule has 0 aliphatic rings. The van der Waals surface area contributed by atoms with E-state index >= 15 is 0 Å². The van der Waals surface area contributed by atoms with E-state index in [0.717, 1.165) is 6.07 Å². The van der Waals surface area contributed by atoms with Gasteiger partial charge < -0.3 is 18.9 Å². The quantitative estimate of drug-likeness (QED) is 0.517. The number of methoxy groups -OCH3 is 3. The lowest BCUT2D eigenvalue weighted by Gasteiger charge is -2.12. The number of carbonyl (C=O) groups excluding carboxylic acids is 2. The highest BCUT2D eigenvalue weighted by atomic mass is 19.1. The van der Waals surface area contributed by atoms with Gasteiger partial charge in [-0.05, 0) is 35.9 Å². The van der Waals surface area contributed by atoms with E-state index in [1.54, 1.807) is 12.1 Å². The van der Waals surface area contributed by atoms with Crippen molar-refractivity contribution in [1.29, 1.82) is 0 Å². The normalized spacial score (nSPS) is 10.3. The molecule has 29 heavy (non-hydrogen) atoms. The average Bonchev–Trinajstić information content (AvgIpc) is 2.73. The summed E-state index contributed by atoms with van der Waals surface area (Å²) < 4.78 is 33.9. The molecule has 154 valence electrons. The fourth-order valence-corrected chi connectivity index (χ4v) is 2.28. The number of hydrogen-bond acceptors (Lipinski definition) is 6. The third-order valence-corrected chi connectivity index (χ3v) is 3.61. The Morgan fingerprint density at radius 1 is 1.00 bits per heavy atom. The fourth-order valence-electron chi connectivity index (χ4n) is 2.28. The Balaban J connectivity index is 1.88. The van der Waals surface area contributed by atoms with Gasteiger partial charge in [0.25, 0.3) is 11.8 Å². The van der Waals surface area contributed by atoms with Crippen LogP contribution >= 0.6 is 0 Å². The molecular weight excluding hydrogens is 383 g/mol. The Bertz CT molecular complexity index is 875. The van der Waals surface area contributed by atoms with Crippen LogP contribution in [0.4, 0.5) is 4.39 Å². The highest BCUT2D eigenvalue weighted by Crippen LogP contribution is 2.38. The summed E-state index contributed by atoms with van der Waals surface area (Å²) in [6.45, 7) is -0.389. The number of nitrogens with one attached hydrogen (secondary N) is 2. The number of benzene rings is 2. The molecule has 0 fully saturated rings. The zero-order chi connectivity index (χ0) is 21.2. The summed E-state index contributed by atoms with van der Waals surface area (Å²) in [6, 6.07) is 8.69. The lowest BCUT2D eigenvalue weighted by atomic mass is 10.1. The number of hydrogen-bond donors (Lipinski definition) is 2. The van der Waals surface area contributed by atoms with E-state index in [-0.39, 0.29) is 12.4 Å². The van der Waals surface area contributed by atoms with Crippen LogP contribution in [0.15, 0.2) is 42.5 Å². The van der Waals surface area contributed by atoms with Gasteiger partial charge in [0.15, 0.2) is 18.1 Å². The van der Waals surface area contributed by atoms with Crippen molar-refractivity contribution in [3.05, 3.63) is 53.9 Å². The van der Waals surface area contributed by atoms with Gasteiger partial charge in [0.1, 0.15) is 11.6 Å². The monoisotopic (exact) mass is 404 g/mol. The summed E-state index contributed by atoms with van der Waals surface area (Å²) in [5.74, 6) is -0.143. The van der Waals surface area contributed by atoms with Crippen molar-refractivity contribution in [2.24, 2.45) is 0 Å². The summed E-state index contributed by atoms with van der Waals surface area (Å²) in [7, 11) is 4.46. The Morgan fingerprint density at radius 2 is 1.69 bits per heavy atom. The van der Waals surface area contributed by atoms with Gasteiger partial charge >= 0.3 is 0 Å². The van der Waals surface area contributed by atoms with Crippen molar-refractivity contribution in [3.63, 3.8) is 0 Å². The maximum atomic E-state index is 13.0. The van der Waals surface area contributed by atoms with Gasteiger partial charge in [-0.2, -0.15) is 0 Å². The van der Waals surface area contributed by atoms with Gasteiger partial charge in [-0.25, -0.2) is 4.39 Å². The van der Waals surface area contributed by atoms with Crippen molar-refractivity contribution in [1.82, 2.24) is 10.9 Å². The molecule has 0 spiro atoms. The first-order valence-corrected chi connectivity index (χ1v) is 8.42. The van der Waals surface area contributed by atoms with E-state index in [1.165, 1.54) is 51.7 Å². The van der Waals surface area contributed by atoms with Crippen LogP contribution in [0.1, 0.15) is 5.56 Å². The number of rotatable bonds is 8. The Hall–Kier alpha value is -3.75. The minimum Gasteiger partial charge on any atom is -0.493 e. The minimum absolute atomic E-state index is 0.203. The van der Waals surface area contributed by atoms with Crippen molar-refractivity contribution < 1.29 is 32.9 Å². The van der Waals surface area contributed by atoms with Crippen LogP contribution in [0.2, 0.25) is 0 Å². The molecular formula is C20H21FN2O6. The summed E-state index contributed by atoms with van der Waals surface area (Å²) in [6.07, 6.45) is 2.73. The van der Waals surface area contributed by atoms with E-state index in [2.05, 4.69) is 10.9 Å². The van der Waals surface area contributed by atoms with E-state index < -0.39 is 17.6 Å². The standard InChI is InChI=1S/C20H21FN2O6/c1-26-16-9-13(10-17(27-2)20(16)28-3)7-8-18(24)22-23-19(25)12-29-15-6-4-5-14(21)11-15/h4-11H,12H2,1-3H3,(H,22,24)(H,23,25)/b8-7+. The molecule has 2 aromatic carbocycles. The van der Waals surface area contributed by atoms with Gasteiger partial charge in [-0.15, -0.1) is 0 Å². The van der Waals surface area contributed by atoms with Crippen LogP contribution in [0.5, 0.6) is 23.0 Å². The van der Waals surface area contributed by atoms with Crippen LogP contribution in [0.3, 0.4) is 0 Å². The minimum atomic E-state index is -0.608. The molecule has 9 heteroatoms. The second-order valence-corrected chi connectivity index (χ2v) is 5.58. The van der Waals surface area contributed by atoms with E-state index in [0.29, 0.717) is 22.8 Å². The Morgan fingerprint density at radius 3 is 2.28 bits per heavy atom. The molecule has 0 atom stereocenters. The maximum absolute atomic E-state index is 13.0. The van der Waals surface area contributed by atoms with Gasteiger partial charge in [-0.1, -0.05) is 6.07 Å². The molecule has 2 rings (SSSR count). The van der Waals surface area contributed by atoms with Crippen molar-refractivity contribution in [3.8, 4) is 23.0 Å². The average molecular weight is 404 g/mol. The zero-order valence-corrected chi connectivity index (χ0v) is 16.2. The lowest BCUT2D eigenvalue weighted by Crippen LogP contribution is -2.43. The Kier molecular flexibility index (Phi) is 7.84. The molecule has 2 amide bonds. The molecule has 0 aliphatic heterocycles. The first-order valence-electron chi connectivity index (χ1n) is 8.42. The molecule has 0 saturated carbocycles. The van der Waals surface area contributed by atoms with Crippen LogP contribution in [0, 0.1) is 5.82 Å². The number of halogens is 1. The molecule has 8 nitrogen and oxygen atoms in total. The van der Waals surface area contributed by atoms with E-state index in [4.69, 9.17) is 18.9 Å². The van der Waals surface area contributed by atoms with Crippen LogP contribution in [-0.2, 0) is 9.59 Å². The van der Waals surface area contributed by atoms with Gasteiger partial charge in [0.05, 0.1) is 21.3 Å². The number of hydrazine groups is 1. The largest absolute Gasteiger partial charge is 0.493 e. The highest BCUT2D eigenvalue weighted by molar-refractivity contribution is 5.93. The molecule has 0 radical (unpaired) electrons. The summed E-state index contributed by atoms with van der Waals surface area (Å²) in [5.41, 5.74) is 5.02. The molecule has 0 aliphatic carbocycles. The second-order valence-electron chi connectivity index (χ2n) is 5.58. The van der Waals surface area contributed by atoms with Gasteiger partial charge in [0, 0.05) is 12.1 Å². The van der Waals surface area contributed by atoms with Gasteiger partial charge in [-0.3, -0.25) is 20.4 Å². The summed E-state index contributed by atoms with van der Waals surface area (Å²) >= 11 is 0. The van der Waals surface area contributed by atoms with E-state index in [9.17, 15) is 14.0 Å². The lowest BCUT2D eigenvalue weighted by molar-refractivity contribution is -0.128. The molecule has 2 N–H and O–H groups in total. The molecule has 0 unspecified atom stereocenters. The maximum Gasteiger partial charge on any atom is 0.276 e. The SMILES string of the molecule is COc1cc(/C=C/C(=O)NNC(=O)COc2cccc(F)c2)cc(OC)c1OC. The predicted molar refractivity (Wildman–Crippen MR) is 103 cm³/mol. The second kappa shape index (κ2) is 10.5. The van der Waals surface area contributed by atoms with Crippen molar-refractivity contribution in [2.45, 2.75) is 0 Å². The summed E-state index contributed by atoms with van der Waals surface area (Å²) in [4.78, 5) is 23.6. The van der Waals surface area contributed by atoms with Crippen LogP contribution in [0.25, 0.3) is 6.08 Å². The fraction of sp³-hybridized carbons (Fsp3) is 0.200.